The minimum absolute atomic E-state index is 0.407. The molecule has 0 atom stereocenters. The third kappa shape index (κ3) is 3.23. The minimum Gasteiger partial charge on any atom is -0.373 e. The Bertz CT molecular complexity index is 613. The maximum atomic E-state index is 4.70. The molecule has 1 heterocycles. The largest absolute Gasteiger partial charge is 0.373 e. The molecule has 0 aliphatic carbocycles. The molecule has 0 aliphatic heterocycles. The lowest BCUT2D eigenvalue weighted by molar-refractivity contribution is 0.833. The van der Waals surface area contributed by atoms with Gasteiger partial charge in [-0.2, -0.15) is 0 Å². The monoisotopic (exact) mass is 283 g/mol. The molecule has 0 unspecified atom stereocenters. The third-order valence-electron chi connectivity index (χ3n) is 3.79. The second-order valence-corrected chi connectivity index (χ2v) is 6.08. The van der Waals surface area contributed by atoms with Crippen LogP contribution in [-0.4, -0.2) is 17.0 Å². The first-order chi connectivity index (χ1) is 9.93. The summed E-state index contributed by atoms with van der Waals surface area (Å²) in [6, 6.07) is 8.54. The maximum absolute atomic E-state index is 4.70. The number of hydrogen-bond donors (Lipinski definition) is 1. The first-order valence-corrected chi connectivity index (χ1v) is 7.60. The van der Waals surface area contributed by atoms with Crippen LogP contribution in [0.4, 0.5) is 5.82 Å². The summed E-state index contributed by atoms with van der Waals surface area (Å²) in [6.45, 7) is 10.8. The topological polar surface area (TPSA) is 37.8 Å². The van der Waals surface area contributed by atoms with Crippen LogP contribution in [0.5, 0.6) is 0 Å². The Hall–Kier alpha value is -1.90. The molecule has 3 nitrogen and oxygen atoms in total. The van der Waals surface area contributed by atoms with E-state index in [9.17, 15) is 0 Å². The van der Waals surface area contributed by atoms with Crippen LogP contribution < -0.4 is 5.32 Å². The van der Waals surface area contributed by atoms with Crippen molar-refractivity contribution in [3.8, 4) is 11.4 Å². The molecular weight excluding hydrogens is 258 g/mol. The summed E-state index contributed by atoms with van der Waals surface area (Å²) in [4.78, 5) is 9.39. The van der Waals surface area contributed by atoms with Crippen molar-refractivity contribution in [2.75, 3.05) is 12.4 Å². The van der Waals surface area contributed by atoms with Crippen molar-refractivity contribution < 1.29 is 0 Å². The average molecular weight is 283 g/mol. The molecule has 21 heavy (non-hydrogen) atoms. The number of anilines is 1. The number of aryl methyl sites for hydroxylation is 1. The van der Waals surface area contributed by atoms with Crippen molar-refractivity contribution in [2.24, 2.45) is 0 Å². The summed E-state index contributed by atoms with van der Waals surface area (Å²) >= 11 is 0. The van der Waals surface area contributed by atoms with Crippen LogP contribution >= 0.6 is 0 Å². The molecule has 0 amide bonds. The van der Waals surface area contributed by atoms with Crippen molar-refractivity contribution in [3.63, 3.8) is 0 Å². The predicted octanol–water partition coefficient (Wildman–Crippen LogP) is 4.74. The van der Waals surface area contributed by atoms with Gasteiger partial charge in [0.25, 0.3) is 0 Å². The number of benzene rings is 1. The molecule has 0 saturated heterocycles. The summed E-state index contributed by atoms with van der Waals surface area (Å²) in [5, 5.41) is 3.21. The molecule has 1 aromatic carbocycles. The second kappa shape index (κ2) is 6.25. The smallest absolute Gasteiger partial charge is 0.161 e. The van der Waals surface area contributed by atoms with Crippen molar-refractivity contribution in [1.29, 1.82) is 0 Å². The van der Waals surface area contributed by atoms with Crippen LogP contribution in [0.3, 0.4) is 0 Å². The zero-order valence-electron chi connectivity index (χ0n) is 13.9. The van der Waals surface area contributed by atoms with Crippen LogP contribution in [0.2, 0.25) is 0 Å². The summed E-state index contributed by atoms with van der Waals surface area (Å²) in [5.41, 5.74) is 4.64. The van der Waals surface area contributed by atoms with Crippen LogP contribution in [0.15, 0.2) is 24.3 Å². The van der Waals surface area contributed by atoms with Gasteiger partial charge in [0.05, 0.1) is 0 Å². The number of nitrogens with one attached hydrogen (secondary N) is 1. The molecular formula is C18H25N3. The number of aromatic nitrogens is 2. The number of hydrogen-bond acceptors (Lipinski definition) is 3. The third-order valence-corrected chi connectivity index (χ3v) is 3.79. The van der Waals surface area contributed by atoms with E-state index in [2.05, 4.69) is 64.2 Å². The van der Waals surface area contributed by atoms with E-state index < -0.39 is 0 Å². The summed E-state index contributed by atoms with van der Waals surface area (Å²) in [6.07, 6.45) is 0. The van der Waals surface area contributed by atoms with Gasteiger partial charge in [0, 0.05) is 23.9 Å². The van der Waals surface area contributed by atoms with Gasteiger partial charge >= 0.3 is 0 Å². The van der Waals surface area contributed by atoms with Gasteiger partial charge in [-0.15, -0.1) is 0 Å². The van der Waals surface area contributed by atoms with Gasteiger partial charge in [-0.05, 0) is 24.3 Å². The van der Waals surface area contributed by atoms with Gasteiger partial charge in [0.15, 0.2) is 5.82 Å². The molecule has 0 aliphatic rings. The molecule has 0 saturated carbocycles. The first kappa shape index (κ1) is 15.5. The maximum Gasteiger partial charge on any atom is 0.161 e. The Morgan fingerprint density at radius 3 is 2.00 bits per heavy atom. The summed E-state index contributed by atoms with van der Waals surface area (Å²) in [5.74, 6) is 2.67. The molecule has 1 aromatic heterocycles. The molecule has 2 rings (SSSR count). The van der Waals surface area contributed by atoms with Gasteiger partial charge in [0.1, 0.15) is 5.82 Å². The molecule has 2 aromatic rings. The fraction of sp³-hybridized carbons (Fsp3) is 0.444. The van der Waals surface area contributed by atoms with E-state index >= 15 is 0 Å². The lowest BCUT2D eigenvalue weighted by Crippen LogP contribution is -2.07. The fourth-order valence-electron chi connectivity index (χ4n) is 2.61. The van der Waals surface area contributed by atoms with Gasteiger partial charge in [-0.25, -0.2) is 9.97 Å². The van der Waals surface area contributed by atoms with Crippen LogP contribution in [0, 0.1) is 6.92 Å². The molecule has 0 fully saturated rings. The van der Waals surface area contributed by atoms with Crippen molar-refractivity contribution in [2.45, 2.75) is 46.5 Å². The van der Waals surface area contributed by atoms with E-state index in [-0.39, 0.29) is 0 Å². The lowest BCUT2D eigenvalue weighted by Gasteiger charge is -2.16. The molecule has 112 valence electrons. The van der Waals surface area contributed by atoms with Crippen LogP contribution in [0.1, 0.15) is 56.4 Å². The van der Waals surface area contributed by atoms with E-state index in [0.29, 0.717) is 11.8 Å². The molecule has 1 N–H and O–H groups in total. The quantitative estimate of drug-likeness (QED) is 0.880. The molecule has 0 bridgehead atoms. The van der Waals surface area contributed by atoms with Gasteiger partial charge in [-0.1, -0.05) is 52.0 Å². The van der Waals surface area contributed by atoms with E-state index in [1.807, 2.05) is 7.05 Å². The van der Waals surface area contributed by atoms with E-state index in [1.54, 1.807) is 0 Å². The molecule has 0 spiro atoms. The molecule has 3 heteroatoms. The minimum atomic E-state index is 0.407. The average Bonchev–Trinajstić information content (AvgIpc) is 2.45. The number of nitrogens with zero attached hydrogens (tertiary/aromatic N) is 2. The van der Waals surface area contributed by atoms with Crippen molar-refractivity contribution in [1.82, 2.24) is 9.97 Å². The Labute approximate surface area is 127 Å². The van der Waals surface area contributed by atoms with E-state index in [0.717, 1.165) is 22.9 Å². The zero-order chi connectivity index (χ0) is 15.6. The Kier molecular flexibility index (Phi) is 4.61. The van der Waals surface area contributed by atoms with Gasteiger partial charge < -0.3 is 5.32 Å². The SMILES string of the molecule is CNc1nc(-c2ccc(C(C)C)cc2)nc(C)c1C(C)C. The second-order valence-electron chi connectivity index (χ2n) is 6.08. The normalized spacial score (nSPS) is 11.2. The number of rotatable bonds is 4. The summed E-state index contributed by atoms with van der Waals surface area (Å²) in [7, 11) is 1.92. The highest BCUT2D eigenvalue weighted by molar-refractivity contribution is 5.60. The Morgan fingerprint density at radius 1 is 0.905 bits per heavy atom. The van der Waals surface area contributed by atoms with E-state index in [1.165, 1.54) is 11.1 Å². The van der Waals surface area contributed by atoms with Crippen LogP contribution in [-0.2, 0) is 0 Å². The van der Waals surface area contributed by atoms with Crippen molar-refractivity contribution in [3.05, 3.63) is 41.1 Å². The molecule has 0 radical (unpaired) electrons. The highest BCUT2D eigenvalue weighted by Crippen LogP contribution is 2.28. The van der Waals surface area contributed by atoms with Crippen molar-refractivity contribution >= 4 is 5.82 Å². The zero-order valence-corrected chi connectivity index (χ0v) is 13.9. The van der Waals surface area contributed by atoms with E-state index in [4.69, 9.17) is 9.97 Å². The first-order valence-electron chi connectivity index (χ1n) is 7.60. The van der Waals surface area contributed by atoms with Gasteiger partial charge in [0.2, 0.25) is 0 Å². The highest BCUT2D eigenvalue weighted by atomic mass is 15.0. The fourth-order valence-corrected chi connectivity index (χ4v) is 2.61. The van der Waals surface area contributed by atoms with Gasteiger partial charge in [-0.3, -0.25) is 0 Å². The Balaban J connectivity index is 2.47. The lowest BCUT2D eigenvalue weighted by atomic mass is 10.0. The summed E-state index contributed by atoms with van der Waals surface area (Å²) < 4.78 is 0. The predicted molar refractivity (Wildman–Crippen MR) is 89.9 cm³/mol. The highest BCUT2D eigenvalue weighted by Gasteiger charge is 2.14. The standard InChI is InChI=1S/C18H25N3/c1-11(2)14-7-9-15(10-8-14)17-20-13(5)16(12(3)4)18(19-6)21-17/h7-12H,1-6H3,(H,19,20,21). The van der Waals surface area contributed by atoms with Crippen LogP contribution in [0.25, 0.3) is 11.4 Å². The Morgan fingerprint density at radius 2 is 1.52 bits per heavy atom.